The van der Waals surface area contributed by atoms with Gasteiger partial charge in [-0.2, -0.15) is 8.42 Å². The highest BCUT2D eigenvalue weighted by molar-refractivity contribution is 7.85. The molecule has 0 heterocycles. The Kier molecular flexibility index (Phi) is 4.37. The molecule has 1 N–H and O–H groups in total. The molecular formula is C7H14O3S. The first-order chi connectivity index (χ1) is 4.95. The zero-order chi connectivity index (χ0) is 8.91. The maximum Gasteiger partial charge on any atom is 0.264 e. The van der Waals surface area contributed by atoms with Gasteiger partial charge in [0.15, 0.2) is 0 Å². The molecule has 0 aliphatic heterocycles. The molecular weight excluding hydrogens is 164 g/mol. The summed E-state index contributed by atoms with van der Waals surface area (Å²) in [6, 6.07) is 0. The van der Waals surface area contributed by atoms with E-state index in [1.54, 1.807) is 6.08 Å². The summed E-state index contributed by atoms with van der Waals surface area (Å²) in [6.07, 6.45) is 3.01. The van der Waals surface area contributed by atoms with E-state index in [4.69, 9.17) is 4.55 Å². The smallest absolute Gasteiger partial charge is 0.264 e. The molecule has 11 heavy (non-hydrogen) atoms. The SMILES string of the molecule is C=CC(C)CCCS(=O)(=O)O. The van der Waals surface area contributed by atoms with E-state index in [1.165, 1.54) is 0 Å². The predicted molar refractivity (Wildman–Crippen MR) is 45.0 cm³/mol. The van der Waals surface area contributed by atoms with Gasteiger partial charge >= 0.3 is 0 Å². The van der Waals surface area contributed by atoms with E-state index in [1.807, 2.05) is 6.92 Å². The third-order valence-electron chi connectivity index (χ3n) is 1.46. The summed E-state index contributed by atoms with van der Waals surface area (Å²) in [4.78, 5) is 0. The molecule has 0 rings (SSSR count). The molecule has 1 unspecified atom stereocenters. The monoisotopic (exact) mass is 178 g/mol. The molecule has 0 fully saturated rings. The Bertz CT molecular complexity index is 206. The van der Waals surface area contributed by atoms with E-state index < -0.39 is 10.1 Å². The van der Waals surface area contributed by atoms with Crippen molar-refractivity contribution < 1.29 is 13.0 Å². The van der Waals surface area contributed by atoms with Crippen molar-refractivity contribution in [3.05, 3.63) is 12.7 Å². The predicted octanol–water partition coefficient (Wildman–Crippen LogP) is 1.48. The molecule has 0 radical (unpaired) electrons. The molecule has 0 saturated carbocycles. The Hall–Kier alpha value is -0.350. The topological polar surface area (TPSA) is 54.4 Å². The average molecular weight is 178 g/mol. The molecule has 0 aromatic rings. The second-order valence-electron chi connectivity index (χ2n) is 2.64. The minimum Gasteiger partial charge on any atom is -0.286 e. The maximum atomic E-state index is 10.2. The molecule has 4 heteroatoms. The Morgan fingerprint density at radius 3 is 2.55 bits per heavy atom. The van der Waals surface area contributed by atoms with Gasteiger partial charge in [-0.25, -0.2) is 0 Å². The van der Waals surface area contributed by atoms with Crippen LogP contribution in [-0.2, 0) is 10.1 Å². The van der Waals surface area contributed by atoms with Gasteiger partial charge in [0.25, 0.3) is 10.1 Å². The summed E-state index contributed by atoms with van der Waals surface area (Å²) in [7, 11) is -3.76. The van der Waals surface area contributed by atoms with Gasteiger partial charge in [0.2, 0.25) is 0 Å². The van der Waals surface area contributed by atoms with E-state index >= 15 is 0 Å². The summed E-state index contributed by atoms with van der Waals surface area (Å²) >= 11 is 0. The lowest BCUT2D eigenvalue weighted by Gasteiger charge is -2.02. The largest absolute Gasteiger partial charge is 0.286 e. The molecule has 3 nitrogen and oxygen atoms in total. The van der Waals surface area contributed by atoms with Gasteiger partial charge in [-0.05, 0) is 18.8 Å². The molecule has 0 saturated heterocycles. The van der Waals surface area contributed by atoms with Gasteiger partial charge in [-0.1, -0.05) is 13.0 Å². The normalized spacial score (nSPS) is 14.4. The summed E-state index contributed by atoms with van der Waals surface area (Å²) in [6.45, 7) is 5.52. The molecule has 0 spiro atoms. The standard InChI is InChI=1S/C7H14O3S/c1-3-7(2)5-4-6-11(8,9)10/h3,7H,1,4-6H2,2H3,(H,8,9,10). The lowest BCUT2D eigenvalue weighted by molar-refractivity contribution is 0.477. The summed E-state index contributed by atoms with van der Waals surface area (Å²) in [5, 5.41) is 0. The highest BCUT2D eigenvalue weighted by Crippen LogP contribution is 2.06. The van der Waals surface area contributed by atoms with Gasteiger partial charge in [-0.3, -0.25) is 4.55 Å². The number of hydrogen-bond donors (Lipinski definition) is 1. The fraction of sp³-hybridized carbons (Fsp3) is 0.714. The van der Waals surface area contributed by atoms with E-state index in [2.05, 4.69) is 6.58 Å². The molecule has 0 aliphatic rings. The zero-order valence-corrected chi connectivity index (χ0v) is 7.47. The van der Waals surface area contributed by atoms with Crippen LogP contribution < -0.4 is 0 Å². The van der Waals surface area contributed by atoms with Crippen LogP contribution >= 0.6 is 0 Å². The van der Waals surface area contributed by atoms with E-state index in [9.17, 15) is 8.42 Å². The number of hydrogen-bond acceptors (Lipinski definition) is 2. The fourth-order valence-corrected chi connectivity index (χ4v) is 1.24. The molecule has 66 valence electrons. The Morgan fingerprint density at radius 1 is 1.64 bits per heavy atom. The van der Waals surface area contributed by atoms with Crippen LogP contribution in [0.15, 0.2) is 12.7 Å². The van der Waals surface area contributed by atoms with Crippen molar-refractivity contribution in [3.8, 4) is 0 Å². The van der Waals surface area contributed by atoms with Crippen molar-refractivity contribution in [3.63, 3.8) is 0 Å². The molecule has 0 aromatic heterocycles. The fourth-order valence-electron chi connectivity index (χ4n) is 0.706. The molecule has 0 bridgehead atoms. The Labute approximate surface area is 67.9 Å². The third-order valence-corrected chi connectivity index (χ3v) is 2.27. The van der Waals surface area contributed by atoms with Crippen molar-refractivity contribution in [2.24, 2.45) is 5.92 Å². The van der Waals surface area contributed by atoms with Gasteiger partial charge in [0, 0.05) is 0 Å². The second kappa shape index (κ2) is 4.51. The summed E-state index contributed by atoms with van der Waals surface area (Å²) < 4.78 is 28.8. The number of rotatable bonds is 5. The highest BCUT2D eigenvalue weighted by atomic mass is 32.2. The Balaban J connectivity index is 3.51. The first kappa shape index (κ1) is 10.7. The Morgan fingerprint density at radius 2 is 2.18 bits per heavy atom. The van der Waals surface area contributed by atoms with Gasteiger partial charge in [0.1, 0.15) is 0 Å². The van der Waals surface area contributed by atoms with Crippen LogP contribution in [0.5, 0.6) is 0 Å². The highest BCUT2D eigenvalue weighted by Gasteiger charge is 2.04. The molecule has 0 aliphatic carbocycles. The summed E-state index contributed by atoms with van der Waals surface area (Å²) in [5.41, 5.74) is 0. The van der Waals surface area contributed by atoms with Crippen LogP contribution in [0.2, 0.25) is 0 Å². The van der Waals surface area contributed by atoms with Gasteiger partial charge < -0.3 is 0 Å². The zero-order valence-electron chi connectivity index (χ0n) is 6.66. The van der Waals surface area contributed by atoms with Crippen molar-refractivity contribution >= 4 is 10.1 Å². The van der Waals surface area contributed by atoms with Crippen LogP contribution in [0.25, 0.3) is 0 Å². The first-order valence-electron chi connectivity index (χ1n) is 3.53. The minimum atomic E-state index is -3.76. The van der Waals surface area contributed by atoms with Crippen LogP contribution in [0.1, 0.15) is 19.8 Å². The van der Waals surface area contributed by atoms with Gasteiger partial charge in [0.05, 0.1) is 5.75 Å². The number of allylic oxidation sites excluding steroid dienone is 1. The molecule has 0 aromatic carbocycles. The summed E-state index contributed by atoms with van der Waals surface area (Å²) in [5.74, 6) is 0.169. The van der Waals surface area contributed by atoms with E-state index in [-0.39, 0.29) is 5.75 Å². The molecule has 1 atom stereocenters. The lowest BCUT2D eigenvalue weighted by Crippen LogP contribution is -2.04. The van der Waals surface area contributed by atoms with Crippen LogP contribution in [0.3, 0.4) is 0 Å². The quantitative estimate of drug-likeness (QED) is 0.512. The maximum absolute atomic E-state index is 10.2. The van der Waals surface area contributed by atoms with Crippen LogP contribution in [0.4, 0.5) is 0 Å². The van der Waals surface area contributed by atoms with Crippen molar-refractivity contribution in [1.82, 2.24) is 0 Å². The average Bonchev–Trinajstić information content (AvgIpc) is 1.85. The lowest BCUT2D eigenvalue weighted by atomic mass is 10.1. The van der Waals surface area contributed by atoms with Crippen LogP contribution in [-0.4, -0.2) is 18.7 Å². The first-order valence-corrected chi connectivity index (χ1v) is 5.14. The van der Waals surface area contributed by atoms with Crippen molar-refractivity contribution in [2.45, 2.75) is 19.8 Å². The van der Waals surface area contributed by atoms with E-state index in [0.29, 0.717) is 12.3 Å². The van der Waals surface area contributed by atoms with Crippen LogP contribution in [0, 0.1) is 5.92 Å². The second-order valence-corrected chi connectivity index (χ2v) is 4.21. The van der Waals surface area contributed by atoms with Crippen molar-refractivity contribution in [2.75, 3.05) is 5.75 Å². The van der Waals surface area contributed by atoms with Gasteiger partial charge in [-0.15, -0.1) is 6.58 Å². The van der Waals surface area contributed by atoms with Crippen molar-refractivity contribution in [1.29, 1.82) is 0 Å². The molecule has 0 amide bonds. The third kappa shape index (κ3) is 7.55. The minimum absolute atomic E-state index is 0.148. The van der Waals surface area contributed by atoms with E-state index in [0.717, 1.165) is 6.42 Å².